The summed E-state index contributed by atoms with van der Waals surface area (Å²) >= 11 is 0. The van der Waals surface area contributed by atoms with Gasteiger partial charge in [-0.2, -0.15) is 0 Å². The normalized spacial score (nSPS) is 12.5. The first kappa shape index (κ1) is 15.8. The molecule has 0 aromatic heterocycles. The molecule has 108 valence electrons. The van der Waals surface area contributed by atoms with Crippen molar-refractivity contribution in [2.45, 2.75) is 32.9 Å². The predicted octanol–water partition coefficient (Wildman–Crippen LogP) is 2.20. The molecular formula is C15H25NO3. The van der Waals surface area contributed by atoms with Crippen LogP contribution in [0.3, 0.4) is 0 Å². The third-order valence-electron chi connectivity index (χ3n) is 3.19. The van der Waals surface area contributed by atoms with Crippen LogP contribution < -0.4 is 14.8 Å². The average Bonchev–Trinajstić information content (AvgIpc) is 2.42. The minimum absolute atomic E-state index is 0.250. The van der Waals surface area contributed by atoms with E-state index in [1.807, 2.05) is 32.0 Å². The summed E-state index contributed by atoms with van der Waals surface area (Å²) in [5.74, 6) is 1.80. The van der Waals surface area contributed by atoms with Gasteiger partial charge in [-0.3, -0.25) is 0 Å². The first-order chi connectivity index (χ1) is 9.10. The molecule has 1 unspecified atom stereocenters. The van der Waals surface area contributed by atoms with Crippen molar-refractivity contribution < 1.29 is 14.6 Å². The van der Waals surface area contributed by atoms with Crippen LogP contribution in [0.25, 0.3) is 0 Å². The van der Waals surface area contributed by atoms with Gasteiger partial charge in [0, 0.05) is 12.1 Å². The molecule has 1 rings (SSSR count). The Kier molecular flexibility index (Phi) is 6.67. The molecule has 0 aliphatic carbocycles. The van der Waals surface area contributed by atoms with Crippen LogP contribution in [0.15, 0.2) is 18.2 Å². The number of hydrogen-bond donors (Lipinski definition) is 2. The summed E-state index contributed by atoms with van der Waals surface area (Å²) in [7, 11) is 3.28. The third kappa shape index (κ3) is 4.73. The summed E-state index contributed by atoms with van der Waals surface area (Å²) in [4.78, 5) is 0. The zero-order chi connectivity index (χ0) is 14.3. The van der Waals surface area contributed by atoms with Gasteiger partial charge in [0.15, 0.2) is 11.5 Å². The van der Waals surface area contributed by atoms with Gasteiger partial charge in [0.25, 0.3) is 0 Å². The van der Waals surface area contributed by atoms with Gasteiger partial charge in [-0.1, -0.05) is 26.0 Å². The lowest BCUT2D eigenvalue weighted by Crippen LogP contribution is -2.23. The van der Waals surface area contributed by atoms with Crippen LogP contribution in [0, 0.1) is 5.92 Å². The van der Waals surface area contributed by atoms with E-state index in [2.05, 4.69) is 5.32 Å². The molecule has 0 amide bonds. The molecular weight excluding hydrogens is 242 g/mol. The topological polar surface area (TPSA) is 50.7 Å². The summed E-state index contributed by atoms with van der Waals surface area (Å²) in [6, 6.07) is 5.83. The number of benzene rings is 1. The molecule has 0 aliphatic rings. The SMILES string of the molecule is COc1cccc(CNCCC(O)C(C)C)c1OC. The molecule has 0 spiro atoms. The Morgan fingerprint density at radius 2 is 1.95 bits per heavy atom. The first-order valence-corrected chi connectivity index (χ1v) is 6.68. The maximum Gasteiger partial charge on any atom is 0.165 e. The summed E-state index contributed by atoms with van der Waals surface area (Å²) in [6.07, 6.45) is 0.504. The molecule has 1 aromatic carbocycles. The molecule has 0 heterocycles. The zero-order valence-corrected chi connectivity index (χ0v) is 12.3. The van der Waals surface area contributed by atoms with E-state index in [9.17, 15) is 5.11 Å². The van der Waals surface area contributed by atoms with E-state index in [0.717, 1.165) is 30.0 Å². The Bertz CT molecular complexity index is 380. The lowest BCUT2D eigenvalue weighted by atomic mass is 10.0. The van der Waals surface area contributed by atoms with E-state index in [1.54, 1.807) is 14.2 Å². The Morgan fingerprint density at radius 3 is 2.53 bits per heavy atom. The molecule has 0 saturated carbocycles. The van der Waals surface area contributed by atoms with Crippen LogP contribution in [-0.2, 0) is 6.54 Å². The molecule has 4 nitrogen and oxygen atoms in total. The Hall–Kier alpha value is -1.26. The molecule has 4 heteroatoms. The summed E-state index contributed by atoms with van der Waals surface area (Å²) < 4.78 is 10.6. The van der Waals surface area contributed by atoms with Gasteiger partial charge in [-0.15, -0.1) is 0 Å². The lowest BCUT2D eigenvalue weighted by Gasteiger charge is -2.16. The number of ether oxygens (including phenoxy) is 2. The molecule has 1 atom stereocenters. The molecule has 19 heavy (non-hydrogen) atoms. The van der Waals surface area contributed by atoms with E-state index in [-0.39, 0.29) is 6.10 Å². The van der Waals surface area contributed by atoms with Crippen LogP contribution in [0.4, 0.5) is 0 Å². The van der Waals surface area contributed by atoms with Crippen LogP contribution in [-0.4, -0.2) is 32.0 Å². The second-order valence-electron chi connectivity index (χ2n) is 4.93. The van der Waals surface area contributed by atoms with Crippen molar-refractivity contribution in [3.8, 4) is 11.5 Å². The van der Waals surface area contributed by atoms with E-state index in [0.29, 0.717) is 12.5 Å². The number of methoxy groups -OCH3 is 2. The van der Waals surface area contributed by atoms with Crippen LogP contribution in [0.2, 0.25) is 0 Å². The standard InChI is InChI=1S/C15H25NO3/c1-11(2)13(17)8-9-16-10-12-6-5-7-14(18-3)15(12)19-4/h5-7,11,13,16-17H,8-10H2,1-4H3. The largest absolute Gasteiger partial charge is 0.493 e. The van der Waals surface area contributed by atoms with E-state index >= 15 is 0 Å². The van der Waals surface area contributed by atoms with Gasteiger partial charge in [0.2, 0.25) is 0 Å². The smallest absolute Gasteiger partial charge is 0.165 e. The van der Waals surface area contributed by atoms with Crippen LogP contribution >= 0.6 is 0 Å². The van der Waals surface area contributed by atoms with Crippen molar-refractivity contribution >= 4 is 0 Å². The van der Waals surface area contributed by atoms with Gasteiger partial charge >= 0.3 is 0 Å². The van der Waals surface area contributed by atoms with Crippen molar-refractivity contribution in [2.75, 3.05) is 20.8 Å². The van der Waals surface area contributed by atoms with Crippen LogP contribution in [0.5, 0.6) is 11.5 Å². The summed E-state index contributed by atoms with van der Waals surface area (Å²) in [5.41, 5.74) is 1.06. The average molecular weight is 267 g/mol. The summed E-state index contributed by atoms with van der Waals surface area (Å²) in [5, 5.41) is 13.0. The fourth-order valence-electron chi connectivity index (χ4n) is 1.90. The van der Waals surface area contributed by atoms with Crippen molar-refractivity contribution in [1.82, 2.24) is 5.32 Å². The number of aliphatic hydroxyl groups excluding tert-OH is 1. The van der Waals surface area contributed by atoms with E-state index < -0.39 is 0 Å². The Balaban J connectivity index is 2.49. The molecule has 0 aliphatic heterocycles. The number of rotatable bonds is 8. The molecule has 0 fully saturated rings. The van der Waals surface area contributed by atoms with Crippen molar-refractivity contribution in [1.29, 1.82) is 0 Å². The highest BCUT2D eigenvalue weighted by Gasteiger charge is 2.10. The Morgan fingerprint density at radius 1 is 1.21 bits per heavy atom. The molecule has 2 N–H and O–H groups in total. The highest BCUT2D eigenvalue weighted by molar-refractivity contribution is 5.46. The predicted molar refractivity (Wildman–Crippen MR) is 76.7 cm³/mol. The van der Waals surface area contributed by atoms with Crippen molar-refractivity contribution in [2.24, 2.45) is 5.92 Å². The summed E-state index contributed by atoms with van der Waals surface area (Å²) in [6.45, 7) is 5.52. The fourth-order valence-corrected chi connectivity index (χ4v) is 1.90. The Labute approximate surface area is 115 Å². The first-order valence-electron chi connectivity index (χ1n) is 6.68. The number of hydrogen-bond acceptors (Lipinski definition) is 4. The van der Waals surface area contributed by atoms with Gasteiger partial charge in [-0.25, -0.2) is 0 Å². The monoisotopic (exact) mass is 267 g/mol. The zero-order valence-electron chi connectivity index (χ0n) is 12.3. The highest BCUT2D eigenvalue weighted by atomic mass is 16.5. The molecule has 1 aromatic rings. The van der Waals surface area contributed by atoms with Gasteiger partial charge < -0.3 is 19.9 Å². The van der Waals surface area contributed by atoms with Gasteiger partial charge in [0.1, 0.15) is 0 Å². The number of para-hydroxylation sites is 1. The maximum atomic E-state index is 9.72. The highest BCUT2D eigenvalue weighted by Crippen LogP contribution is 2.30. The second kappa shape index (κ2) is 8.02. The second-order valence-corrected chi connectivity index (χ2v) is 4.93. The van der Waals surface area contributed by atoms with Crippen LogP contribution in [0.1, 0.15) is 25.8 Å². The molecule has 0 saturated heterocycles. The quantitative estimate of drug-likeness (QED) is 0.709. The van der Waals surface area contributed by atoms with E-state index in [1.165, 1.54) is 0 Å². The minimum atomic E-state index is -0.250. The molecule has 0 bridgehead atoms. The van der Waals surface area contributed by atoms with Gasteiger partial charge in [-0.05, 0) is 24.9 Å². The van der Waals surface area contributed by atoms with Gasteiger partial charge in [0.05, 0.1) is 20.3 Å². The van der Waals surface area contributed by atoms with Crippen molar-refractivity contribution in [3.63, 3.8) is 0 Å². The third-order valence-corrected chi connectivity index (χ3v) is 3.19. The number of nitrogens with one attached hydrogen (secondary N) is 1. The lowest BCUT2D eigenvalue weighted by molar-refractivity contribution is 0.116. The fraction of sp³-hybridized carbons (Fsp3) is 0.600. The minimum Gasteiger partial charge on any atom is -0.493 e. The van der Waals surface area contributed by atoms with Crippen molar-refractivity contribution in [3.05, 3.63) is 23.8 Å². The maximum absolute atomic E-state index is 9.72. The van der Waals surface area contributed by atoms with E-state index in [4.69, 9.17) is 9.47 Å². The molecule has 0 radical (unpaired) electrons. The number of aliphatic hydroxyl groups is 1.